The lowest BCUT2D eigenvalue weighted by Crippen LogP contribution is -2.52. The van der Waals surface area contributed by atoms with Gasteiger partial charge in [-0.1, -0.05) is 50.2 Å². The van der Waals surface area contributed by atoms with Crippen LogP contribution in [0.1, 0.15) is 50.8 Å². The van der Waals surface area contributed by atoms with Gasteiger partial charge in [-0.05, 0) is 62.4 Å². The summed E-state index contributed by atoms with van der Waals surface area (Å²) in [4.78, 5) is 27.9. The van der Waals surface area contributed by atoms with Crippen LogP contribution in [0.4, 0.5) is 5.69 Å². The third kappa shape index (κ3) is 7.32. The Balaban J connectivity index is 2.39. The summed E-state index contributed by atoms with van der Waals surface area (Å²) in [7, 11) is -3.73. The zero-order valence-electron chi connectivity index (χ0n) is 21.0. The molecule has 0 aliphatic carbocycles. The van der Waals surface area contributed by atoms with Crippen LogP contribution in [-0.2, 0) is 32.6 Å². The molecule has 7 nitrogen and oxygen atoms in total. The monoisotopic (exact) mass is 487 g/mol. The molecule has 0 bridgehead atoms. The number of aryl methyl sites for hydroxylation is 2. The first-order valence-electron chi connectivity index (χ1n) is 11.7. The second kappa shape index (κ2) is 12.0. The summed E-state index contributed by atoms with van der Waals surface area (Å²) in [5, 5.41) is 2.93. The summed E-state index contributed by atoms with van der Waals surface area (Å²) in [5.41, 5.74) is 3.38. The van der Waals surface area contributed by atoms with Crippen LogP contribution in [0.25, 0.3) is 0 Å². The number of nitrogens with zero attached hydrogens (tertiary/aromatic N) is 2. The number of anilines is 1. The van der Waals surface area contributed by atoms with E-state index < -0.39 is 28.5 Å². The Labute approximate surface area is 204 Å². The van der Waals surface area contributed by atoms with Crippen molar-refractivity contribution in [3.05, 3.63) is 65.2 Å². The van der Waals surface area contributed by atoms with Crippen molar-refractivity contribution in [2.24, 2.45) is 0 Å². The Hall–Kier alpha value is -2.87. The molecule has 2 rings (SSSR count). The standard InChI is InChI=1S/C26H37N3O4S/c1-7-20(4)27-26(31)21(5)28(17-23-12-10-9-11-19(23)3)25(30)18-29(34(6,32)33)24-15-13-22(8-2)14-16-24/h9-16,20-21H,7-8,17-18H2,1-6H3,(H,27,31)/t20-,21-/m0/s1. The van der Waals surface area contributed by atoms with E-state index in [-0.39, 0.29) is 18.5 Å². The fourth-order valence-corrected chi connectivity index (χ4v) is 4.38. The maximum absolute atomic E-state index is 13.6. The number of rotatable bonds is 11. The van der Waals surface area contributed by atoms with Crippen LogP contribution in [0.2, 0.25) is 0 Å². The summed E-state index contributed by atoms with van der Waals surface area (Å²) in [6, 6.07) is 14.0. The van der Waals surface area contributed by atoms with Crippen molar-refractivity contribution in [2.45, 2.75) is 66.1 Å². The predicted octanol–water partition coefficient (Wildman–Crippen LogP) is 3.66. The molecule has 2 atom stereocenters. The summed E-state index contributed by atoms with van der Waals surface area (Å²) < 4.78 is 26.3. The first-order chi connectivity index (χ1) is 16.0. The molecule has 2 amide bonds. The first-order valence-corrected chi connectivity index (χ1v) is 13.5. The van der Waals surface area contributed by atoms with Gasteiger partial charge in [0, 0.05) is 12.6 Å². The fraction of sp³-hybridized carbons (Fsp3) is 0.462. The lowest BCUT2D eigenvalue weighted by molar-refractivity contribution is -0.139. The topological polar surface area (TPSA) is 86.8 Å². The molecule has 0 aliphatic heterocycles. The predicted molar refractivity (Wildman–Crippen MR) is 137 cm³/mol. The lowest BCUT2D eigenvalue weighted by Gasteiger charge is -2.32. The molecule has 0 spiro atoms. The number of amides is 2. The number of benzene rings is 2. The van der Waals surface area contributed by atoms with E-state index in [1.54, 1.807) is 19.1 Å². The van der Waals surface area contributed by atoms with E-state index in [1.165, 1.54) is 4.90 Å². The molecule has 0 heterocycles. The van der Waals surface area contributed by atoms with E-state index in [1.807, 2.05) is 64.1 Å². The summed E-state index contributed by atoms with van der Waals surface area (Å²) in [6.45, 7) is 9.32. The summed E-state index contributed by atoms with van der Waals surface area (Å²) in [5.74, 6) is -0.713. The zero-order chi connectivity index (χ0) is 25.5. The number of hydrogen-bond donors (Lipinski definition) is 1. The molecule has 34 heavy (non-hydrogen) atoms. The van der Waals surface area contributed by atoms with Crippen LogP contribution in [0.5, 0.6) is 0 Å². The first kappa shape index (κ1) is 27.4. The van der Waals surface area contributed by atoms with Gasteiger partial charge in [0.25, 0.3) is 0 Å². The van der Waals surface area contributed by atoms with Gasteiger partial charge in [-0.25, -0.2) is 8.42 Å². The molecule has 2 aromatic carbocycles. The minimum absolute atomic E-state index is 0.0324. The second-order valence-electron chi connectivity index (χ2n) is 8.73. The largest absolute Gasteiger partial charge is 0.352 e. The fourth-order valence-electron chi connectivity index (χ4n) is 3.53. The molecule has 1 N–H and O–H groups in total. The molecule has 0 unspecified atom stereocenters. The quantitative estimate of drug-likeness (QED) is 0.524. The van der Waals surface area contributed by atoms with E-state index in [4.69, 9.17) is 0 Å². The molecule has 2 aromatic rings. The van der Waals surface area contributed by atoms with Gasteiger partial charge in [0.15, 0.2) is 0 Å². The SMILES string of the molecule is CCc1ccc(N(CC(=O)N(Cc2ccccc2C)[C@@H](C)C(=O)N[C@@H](C)CC)S(C)(=O)=O)cc1. The van der Waals surface area contributed by atoms with Gasteiger partial charge in [-0.15, -0.1) is 0 Å². The highest BCUT2D eigenvalue weighted by Gasteiger charge is 2.30. The van der Waals surface area contributed by atoms with E-state index in [9.17, 15) is 18.0 Å². The third-order valence-corrected chi connectivity index (χ3v) is 7.22. The Kier molecular flexibility index (Phi) is 9.67. The van der Waals surface area contributed by atoms with Crippen molar-refractivity contribution in [3.8, 4) is 0 Å². The Morgan fingerprint density at radius 1 is 1.00 bits per heavy atom. The minimum Gasteiger partial charge on any atom is -0.352 e. The summed E-state index contributed by atoms with van der Waals surface area (Å²) in [6.07, 6.45) is 2.67. The average molecular weight is 488 g/mol. The maximum Gasteiger partial charge on any atom is 0.244 e. The molecule has 0 saturated heterocycles. The Morgan fingerprint density at radius 2 is 1.62 bits per heavy atom. The zero-order valence-corrected chi connectivity index (χ0v) is 21.9. The number of sulfonamides is 1. The van der Waals surface area contributed by atoms with Crippen molar-refractivity contribution in [2.75, 3.05) is 17.1 Å². The number of carbonyl (C=O) groups excluding carboxylic acids is 2. The summed E-state index contributed by atoms with van der Waals surface area (Å²) >= 11 is 0. The van der Waals surface area contributed by atoms with Crippen LogP contribution in [0.15, 0.2) is 48.5 Å². The Morgan fingerprint density at radius 3 is 2.15 bits per heavy atom. The molecule has 0 saturated carbocycles. The number of carbonyl (C=O) groups is 2. The highest BCUT2D eigenvalue weighted by molar-refractivity contribution is 7.92. The van der Waals surface area contributed by atoms with Gasteiger partial charge in [0.1, 0.15) is 12.6 Å². The maximum atomic E-state index is 13.6. The van der Waals surface area contributed by atoms with E-state index >= 15 is 0 Å². The van der Waals surface area contributed by atoms with E-state index in [0.717, 1.165) is 40.1 Å². The molecule has 0 radical (unpaired) electrons. The molecule has 0 aromatic heterocycles. The normalized spacial score (nSPS) is 13.1. The van der Waals surface area contributed by atoms with E-state index in [2.05, 4.69) is 5.32 Å². The van der Waals surface area contributed by atoms with Crippen LogP contribution < -0.4 is 9.62 Å². The van der Waals surface area contributed by atoms with Crippen molar-refractivity contribution in [3.63, 3.8) is 0 Å². The van der Waals surface area contributed by atoms with Gasteiger partial charge in [0.2, 0.25) is 21.8 Å². The number of hydrogen-bond acceptors (Lipinski definition) is 4. The third-order valence-electron chi connectivity index (χ3n) is 6.08. The molecule has 0 aliphatic rings. The molecular formula is C26H37N3O4S. The highest BCUT2D eigenvalue weighted by Crippen LogP contribution is 2.20. The molecule has 186 valence electrons. The van der Waals surface area contributed by atoms with Crippen molar-refractivity contribution >= 4 is 27.5 Å². The van der Waals surface area contributed by atoms with Crippen LogP contribution >= 0.6 is 0 Å². The van der Waals surface area contributed by atoms with Crippen molar-refractivity contribution in [1.82, 2.24) is 10.2 Å². The molecular weight excluding hydrogens is 450 g/mol. The number of nitrogens with one attached hydrogen (secondary N) is 1. The van der Waals surface area contributed by atoms with Crippen LogP contribution in [0, 0.1) is 6.92 Å². The van der Waals surface area contributed by atoms with Gasteiger partial charge in [-0.2, -0.15) is 0 Å². The van der Waals surface area contributed by atoms with Gasteiger partial charge in [0.05, 0.1) is 11.9 Å². The van der Waals surface area contributed by atoms with E-state index in [0.29, 0.717) is 5.69 Å². The molecule has 0 fully saturated rings. The van der Waals surface area contributed by atoms with Crippen molar-refractivity contribution < 1.29 is 18.0 Å². The lowest BCUT2D eigenvalue weighted by atomic mass is 10.1. The van der Waals surface area contributed by atoms with Crippen LogP contribution in [-0.4, -0.2) is 50.0 Å². The van der Waals surface area contributed by atoms with Crippen LogP contribution in [0.3, 0.4) is 0 Å². The van der Waals surface area contributed by atoms with Gasteiger partial charge in [-0.3, -0.25) is 13.9 Å². The highest BCUT2D eigenvalue weighted by atomic mass is 32.2. The average Bonchev–Trinajstić information content (AvgIpc) is 2.80. The van der Waals surface area contributed by atoms with Gasteiger partial charge < -0.3 is 10.2 Å². The van der Waals surface area contributed by atoms with Gasteiger partial charge >= 0.3 is 0 Å². The molecule has 8 heteroatoms. The smallest absolute Gasteiger partial charge is 0.244 e. The Bertz CT molecular complexity index is 1080. The minimum atomic E-state index is -3.73. The van der Waals surface area contributed by atoms with Crippen molar-refractivity contribution in [1.29, 1.82) is 0 Å². The second-order valence-corrected chi connectivity index (χ2v) is 10.6.